The molecule has 0 amide bonds. The summed E-state index contributed by atoms with van der Waals surface area (Å²) in [5, 5.41) is 6.61. The summed E-state index contributed by atoms with van der Waals surface area (Å²) in [5.41, 5.74) is 0.442. The van der Waals surface area contributed by atoms with Crippen molar-refractivity contribution in [2.75, 3.05) is 6.61 Å². The van der Waals surface area contributed by atoms with Gasteiger partial charge in [-0.2, -0.15) is 5.10 Å². The third-order valence-electron chi connectivity index (χ3n) is 4.26. The predicted molar refractivity (Wildman–Crippen MR) is 58.5 cm³/mol. The summed E-state index contributed by atoms with van der Waals surface area (Å²) in [7, 11) is 0. The number of nitrogens with zero attached hydrogens (tertiary/aromatic N) is 1. The number of carbonyl (C=O) groups excluding carboxylic acids is 1. The Hall–Kier alpha value is -1.46. The number of rotatable bonds is 2. The maximum atomic E-state index is 13.7. The van der Waals surface area contributed by atoms with Gasteiger partial charge in [-0.25, -0.2) is 13.6 Å². The van der Waals surface area contributed by atoms with Crippen LogP contribution in [-0.2, 0) is 17.6 Å². The lowest BCUT2D eigenvalue weighted by molar-refractivity contribution is 0.0515. The molecular weight excluding hydrogens is 242 g/mol. The molecule has 1 aromatic heterocycles. The molecule has 6 heteroatoms. The molecule has 1 unspecified atom stereocenters. The van der Waals surface area contributed by atoms with E-state index in [-0.39, 0.29) is 25.1 Å². The van der Waals surface area contributed by atoms with Gasteiger partial charge in [0.2, 0.25) is 0 Å². The zero-order valence-corrected chi connectivity index (χ0v) is 10.2. The fourth-order valence-electron chi connectivity index (χ4n) is 2.98. The van der Waals surface area contributed by atoms with Gasteiger partial charge in [-0.15, -0.1) is 0 Å². The highest BCUT2D eigenvalue weighted by atomic mass is 19.3. The van der Waals surface area contributed by atoms with Crippen molar-refractivity contribution in [1.82, 2.24) is 10.2 Å². The minimum absolute atomic E-state index is 0.164. The minimum Gasteiger partial charge on any atom is -0.461 e. The Balaban J connectivity index is 1.93. The van der Waals surface area contributed by atoms with Crippen molar-refractivity contribution in [3.05, 3.63) is 17.0 Å². The second-order valence-corrected chi connectivity index (χ2v) is 5.22. The molecule has 0 aromatic carbocycles. The summed E-state index contributed by atoms with van der Waals surface area (Å²) in [6.07, 6.45) is 0.440. The lowest BCUT2D eigenvalue weighted by Crippen LogP contribution is -2.16. The van der Waals surface area contributed by atoms with Gasteiger partial charge in [-0.05, 0) is 13.3 Å². The largest absolute Gasteiger partial charge is 0.461 e. The van der Waals surface area contributed by atoms with Crippen molar-refractivity contribution in [1.29, 1.82) is 0 Å². The molecule has 3 rings (SSSR count). The maximum absolute atomic E-state index is 13.7. The molecule has 0 bridgehead atoms. The van der Waals surface area contributed by atoms with Gasteiger partial charge < -0.3 is 4.74 Å². The van der Waals surface area contributed by atoms with Gasteiger partial charge in [0.25, 0.3) is 5.92 Å². The van der Waals surface area contributed by atoms with Crippen molar-refractivity contribution >= 4 is 5.97 Å². The molecule has 2 aliphatic carbocycles. The highest BCUT2D eigenvalue weighted by Gasteiger charge is 2.78. The van der Waals surface area contributed by atoms with E-state index in [1.165, 1.54) is 0 Å². The Morgan fingerprint density at radius 3 is 3.00 bits per heavy atom. The molecule has 1 saturated carbocycles. The van der Waals surface area contributed by atoms with Gasteiger partial charge in [0.15, 0.2) is 5.69 Å². The van der Waals surface area contributed by atoms with E-state index in [9.17, 15) is 13.6 Å². The SMILES string of the molecule is CCOC(=O)c1n[nH]c2c1CC1C(F)(F)[C@@]1(C)C2. The lowest BCUT2D eigenvalue weighted by atomic mass is 9.88. The molecule has 1 fully saturated rings. The van der Waals surface area contributed by atoms with Crippen LogP contribution in [0.5, 0.6) is 0 Å². The fourth-order valence-corrected chi connectivity index (χ4v) is 2.98. The summed E-state index contributed by atoms with van der Waals surface area (Å²) < 4.78 is 32.2. The first-order valence-corrected chi connectivity index (χ1v) is 6.03. The van der Waals surface area contributed by atoms with E-state index in [2.05, 4.69) is 10.2 Å². The van der Waals surface area contributed by atoms with Gasteiger partial charge in [0.05, 0.1) is 6.61 Å². The number of fused-ring (bicyclic) bond motifs is 2. The van der Waals surface area contributed by atoms with Gasteiger partial charge >= 0.3 is 5.97 Å². The Morgan fingerprint density at radius 1 is 1.61 bits per heavy atom. The molecule has 0 radical (unpaired) electrons. The van der Waals surface area contributed by atoms with Crippen molar-refractivity contribution in [3.63, 3.8) is 0 Å². The van der Waals surface area contributed by atoms with Crippen LogP contribution in [0.2, 0.25) is 0 Å². The topological polar surface area (TPSA) is 55.0 Å². The van der Waals surface area contributed by atoms with Crippen LogP contribution < -0.4 is 0 Å². The summed E-state index contributed by atoms with van der Waals surface area (Å²) in [6.45, 7) is 3.53. The van der Waals surface area contributed by atoms with Crippen molar-refractivity contribution < 1.29 is 18.3 Å². The molecule has 1 heterocycles. The zero-order chi connectivity index (χ0) is 13.1. The Bertz CT molecular complexity index is 526. The highest BCUT2D eigenvalue weighted by molar-refractivity contribution is 5.89. The number of H-pyrrole nitrogens is 1. The number of aromatic amines is 1. The van der Waals surface area contributed by atoms with Gasteiger partial charge in [0, 0.05) is 29.0 Å². The molecule has 1 N–H and O–H groups in total. The maximum Gasteiger partial charge on any atom is 0.359 e. The van der Waals surface area contributed by atoms with Crippen LogP contribution in [0.4, 0.5) is 8.78 Å². The molecular formula is C12H14F2N2O2. The summed E-state index contributed by atoms with van der Waals surface area (Å²) in [4.78, 5) is 11.6. The number of hydrogen-bond donors (Lipinski definition) is 1. The van der Waals surface area contributed by atoms with Crippen LogP contribution >= 0.6 is 0 Å². The number of hydrogen-bond acceptors (Lipinski definition) is 3. The lowest BCUT2D eigenvalue weighted by Gasteiger charge is -2.15. The fraction of sp³-hybridized carbons (Fsp3) is 0.667. The van der Waals surface area contributed by atoms with Gasteiger partial charge in [0.1, 0.15) is 0 Å². The summed E-state index contributed by atoms with van der Waals surface area (Å²) >= 11 is 0. The first-order valence-electron chi connectivity index (χ1n) is 6.03. The molecule has 2 atom stereocenters. The molecule has 4 nitrogen and oxygen atoms in total. The quantitative estimate of drug-likeness (QED) is 0.823. The second kappa shape index (κ2) is 3.30. The average Bonchev–Trinajstić information content (AvgIpc) is 2.63. The first kappa shape index (κ1) is 11.6. The molecule has 98 valence electrons. The van der Waals surface area contributed by atoms with E-state index in [4.69, 9.17) is 4.74 Å². The van der Waals surface area contributed by atoms with E-state index >= 15 is 0 Å². The first-order chi connectivity index (χ1) is 8.41. The minimum atomic E-state index is -2.64. The van der Waals surface area contributed by atoms with Crippen LogP contribution in [0.1, 0.15) is 35.6 Å². The molecule has 0 aliphatic heterocycles. The van der Waals surface area contributed by atoms with Crippen LogP contribution in [-0.4, -0.2) is 28.7 Å². The Kier molecular flexibility index (Phi) is 2.13. The average molecular weight is 256 g/mol. The standard InChI is InChI=1S/C12H14F2N2O2/c1-3-18-10(17)9-6-4-8-11(2,12(8,13)14)5-7(6)15-16-9/h8H,3-5H2,1-2H3,(H,15,16)/t8?,11-/m0/s1. The van der Waals surface area contributed by atoms with Crippen molar-refractivity contribution in [3.8, 4) is 0 Å². The summed E-state index contributed by atoms with van der Waals surface area (Å²) in [5.74, 6) is -3.86. The van der Waals surface area contributed by atoms with E-state index in [1.54, 1.807) is 13.8 Å². The van der Waals surface area contributed by atoms with Crippen LogP contribution in [0.15, 0.2) is 0 Å². The molecule has 0 spiro atoms. The number of carbonyl (C=O) groups is 1. The third-order valence-corrected chi connectivity index (χ3v) is 4.26. The smallest absolute Gasteiger partial charge is 0.359 e. The van der Waals surface area contributed by atoms with Crippen LogP contribution in [0, 0.1) is 11.3 Å². The van der Waals surface area contributed by atoms with E-state index in [0.29, 0.717) is 11.3 Å². The number of nitrogens with one attached hydrogen (secondary N) is 1. The van der Waals surface area contributed by atoms with Crippen molar-refractivity contribution in [2.45, 2.75) is 32.6 Å². The van der Waals surface area contributed by atoms with E-state index < -0.39 is 23.2 Å². The zero-order valence-electron chi connectivity index (χ0n) is 10.2. The number of aromatic nitrogens is 2. The van der Waals surface area contributed by atoms with Crippen LogP contribution in [0.3, 0.4) is 0 Å². The molecule has 0 saturated heterocycles. The normalized spacial score (nSPS) is 31.4. The number of alkyl halides is 2. The van der Waals surface area contributed by atoms with Crippen molar-refractivity contribution in [2.24, 2.45) is 11.3 Å². The molecule has 2 aliphatic rings. The molecule has 1 aromatic rings. The van der Waals surface area contributed by atoms with E-state index in [1.807, 2.05) is 0 Å². The number of halogens is 2. The Morgan fingerprint density at radius 2 is 2.33 bits per heavy atom. The predicted octanol–water partition coefficient (Wildman–Crippen LogP) is 1.96. The Labute approximate surface area is 103 Å². The van der Waals surface area contributed by atoms with Crippen LogP contribution in [0.25, 0.3) is 0 Å². The van der Waals surface area contributed by atoms with Gasteiger partial charge in [-0.3, -0.25) is 5.10 Å². The monoisotopic (exact) mass is 256 g/mol. The molecule has 18 heavy (non-hydrogen) atoms. The van der Waals surface area contributed by atoms with E-state index in [0.717, 1.165) is 0 Å². The van der Waals surface area contributed by atoms with Gasteiger partial charge in [-0.1, -0.05) is 6.92 Å². The summed E-state index contributed by atoms with van der Waals surface area (Å²) in [6, 6.07) is 0. The highest BCUT2D eigenvalue weighted by Crippen LogP contribution is 2.70. The number of ether oxygens (including phenoxy) is 1. The third kappa shape index (κ3) is 1.23. The second-order valence-electron chi connectivity index (χ2n) is 5.22. The number of esters is 1.